The molecule has 1 heterocycles. The van der Waals surface area contributed by atoms with Crippen LogP contribution in [0.3, 0.4) is 0 Å². The minimum Gasteiger partial charge on any atom is -0.330 e. The Morgan fingerprint density at radius 2 is 1.95 bits per heavy atom. The van der Waals surface area contributed by atoms with E-state index in [4.69, 9.17) is 5.73 Å². The molecular formula is C14H22N2O2S. The second kappa shape index (κ2) is 5.61. The Balaban J connectivity index is 2.20. The van der Waals surface area contributed by atoms with Gasteiger partial charge in [0.2, 0.25) is 10.0 Å². The van der Waals surface area contributed by atoms with Crippen LogP contribution in [0.15, 0.2) is 29.2 Å². The lowest BCUT2D eigenvalue weighted by Crippen LogP contribution is -2.30. The van der Waals surface area contributed by atoms with Gasteiger partial charge in [-0.05, 0) is 42.5 Å². The summed E-state index contributed by atoms with van der Waals surface area (Å²) in [5.74, 6) is 0.704. The molecule has 1 aliphatic rings. The molecule has 0 aliphatic carbocycles. The molecule has 0 aromatic heterocycles. The molecular weight excluding hydrogens is 260 g/mol. The number of nitrogens with two attached hydrogens (primary N) is 1. The van der Waals surface area contributed by atoms with Gasteiger partial charge in [0.25, 0.3) is 0 Å². The highest BCUT2D eigenvalue weighted by atomic mass is 32.2. The highest BCUT2D eigenvalue weighted by Gasteiger charge is 2.31. The zero-order valence-electron chi connectivity index (χ0n) is 11.5. The van der Waals surface area contributed by atoms with Gasteiger partial charge in [-0.3, -0.25) is 0 Å². The fourth-order valence-corrected chi connectivity index (χ4v) is 3.91. The predicted molar refractivity (Wildman–Crippen MR) is 76.5 cm³/mol. The molecule has 2 N–H and O–H groups in total. The van der Waals surface area contributed by atoms with Crippen molar-refractivity contribution in [2.24, 2.45) is 11.7 Å². The zero-order chi connectivity index (χ0) is 14.0. The first-order chi connectivity index (χ1) is 8.95. The molecule has 4 nitrogen and oxygen atoms in total. The van der Waals surface area contributed by atoms with Gasteiger partial charge >= 0.3 is 0 Å². The minimum atomic E-state index is -3.35. The topological polar surface area (TPSA) is 63.4 Å². The van der Waals surface area contributed by atoms with E-state index < -0.39 is 10.0 Å². The molecule has 106 valence electrons. The zero-order valence-corrected chi connectivity index (χ0v) is 12.4. The second-order valence-corrected chi connectivity index (χ2v) is 7.42. The Hall–Kier alpha value is -0.910. The molecule has 1 saturated heterocycles. The number of hydrogen-bond acceptors (Lipinski definition) is 3. The molecule has 0 bridgehead atoms. The van der Waals surface area contributed by atoms with Crippen LogP contribution in [-0.4, -0.2) is 32.4 Å². The molecule has 0 spiro atoms. The predicted octanol–water partition coefficient (Wildman–Crippen LogP) is 1.78. The second-order valence-electron chi connectivity index (χ2n) is 5.48. The van der Waals surface area contributed by atoms with Crippen LogP contribution in [0, 0.1) is 5.92 Å². The minimum absolute atomic E-state index is 0.296. The summed E-state index contributed by atoms with van der Waals surface area (Å²) in [4.78, 5) is 0.384. The van der Waals surface area contributed by atoms with Crippen LogP contribution in [0.5, 0.6) is 0 Å². The Bertz CT molecular complexity index is 523. The molecule has 1 aromatic rings. The van der Waals surface area contributed by atoms with Crippen LogP contribution < -0.4 is 5.73 Å². The molecule has 0 radical (unpaired) electrons. The largest absolute Gasteiger partial charge is 0.330 e. The van der Waals surface area contributed by atoms with Gasteiger partial charge in [-0.2, -0.15) is 4.31 Å². The summed E-state index contributed by atoms with van der Waals surface area (Å²) < 4.78 is 26.5. The third kappa shape index (κ3) is 2.99. The van der Waals surface area contributed by atoms with Crippen molar-refractivity contribution >= 4 is 10.0 Å². The average Bonchev–Trinajstić information content (AvgIpc) is 2.88. The maximum Gasteiger partial charge on any atom is 0.243 e. The average molecular weight is 282 g/mol. The standard InChI is InChI=1S/C14H22N2O2S/c1-11(2)13-3-5-14(6-4-13)19(17,18)16-8-7-12(9-15)10-16/h3-6,11-12H,7-10,15H2,1-2H3. The Kier molecular flexibility index (Phi) is 4.28. The van der Waals surface area contributed by atoms with Gasteiger partial charge in [0.1, 0.15) is 0 Å². The third-order valence-electron chi connectivity index (χ3n) is 3.77. The Morgan fingerprint density at radius 1 is 1.32 bits per heavy atom. The lowest BCUT2D eigenvalue weighted by atomic mass is 10.0. The van der Waals surface area contributed by atoms with Gasteiger partial charge < -0.3 is 5.73 Å². The van der Waals surface area contributed by atoms with E-state index in [9.17, 15) is 8.42 Å². The van der Waals surface area contributed by atoms with Crippen molar-refractivity contribution in [3.8, 4) is 0 Å². The number of sulfonamides is 1. The molecule has 0 amide bonds. The fourth-order valence-electron chi connectivity index (χ4n) is 2.38. The highest BCUT2D eigenvalue weighted by Crippen LogP contribution is 2.25. The third-order valence-corrected chi connectivity index (χ3v) is 5.65. The van der Waals surface area contributed by atoms with Crippen molar-refractivity contribution in [1.29, 1.82) is 0 Å². The van der Waals surface area contributed by atoms with Gasteiger partial charge in [0.15, 0.2) is 0 Å². The normalized spacial score (nSPS) is 21.2. The molecule has 19 heavy (non-hydrogen) atoms. The summed E-state index contributed by atoms with van der Waals surface area (Å²) in [6, 6.07) is 7.21. The van der Waals surface area contributed by atoms with E-state index in [0.29, 0.717) is 36.4 Å². The lowest BCUT2D eigenvalue weighted by Gasteiger charge is -2.17. The first kappa shape index (κ1) is 14.5. The van der Waals surface area contributed by atoms with Crippen molar-refractivity contribution in [2.75, 3.05) is 19.6 Å². The summed E-state index contributed by atoms with van der Waals surface area (Å²) in [6.45, 7) is 5.87. The van der Waals surface area contributed by atoms with E-state index in [1.54, 1.807) is 16.4 Å². The van der Waals surface area contributed by atoms with Crippen molar-refractivity contribution in [3.63, 3.8) is 0 Å². The Morgan fingerprint density at radius 3 is 2.42 bits per heavy atom. The molecule has 1 unspecified atom stereocenters. The summed E-state index contributed by atoms with van der Waals surface area (Å²) >= 11 is 0. The van der Waals surface area contributed by atoms with Crippen LogP contribution in [0.25, 0.3) is 0 Å². The molecule has 2 rings (SSSR count). The summed E-state index contributed by atoms with van der Waals surface area (Å²) in [5, 5.41) is 0. The van der Waals surface area contributed by atoms with Gasteiger partial charge in [0.05, 0.1) is 4.90 Å². The molecule has 5 heteroatoms. The van der Waals surface area contributed by atoms with Crippen LogP contribution in [-0.2, 0) is 10.0 Å². The van der Waals surface area contributed by atoms with E-state index in [-0.39, 0.29) is 0 Å². The monoisotopic (exact) mass is 282 g/mol. The van der Waals surface area contributed by atoms with E-state index in [1.807, 2.05) is 12.1 Å². The smallest absolute Gasteiger partial charge is 0.243 e. The van der Waals surface area contributed by atoms with Crippen LogP contribution in [0.4, 0.5) is 0 Å². The fraction of sp³-hybridized carbons (Fsp3) is 0.571. The Labute approximate surface area is 115 Å². The van der Waals surface area contributed by atoms with Gasteiger partial charge in [-0.15, -0.1) is 0 Å². The highest BCUT2D eigenvalue weighted by molar-refractivity contribution is 7.89. The number of hydrogen-bond donors (Lipinski definition) is 1. The van der Waals surface area contributed by atoms with E-state index >= 15 is 0 Å². The first-order valence-corrected chi connectivity index (χ1v) is 8.19. The van der Waals surface area contributed by atoms with Gasteiger partial charge in [-0.1, -0.05) is 26.0 Å². The van der Waals surface area contributed by atoms with Crippen molar-refractivity contribution in [1.82, 2.24) is 4.31 Å². The maximum atomic E-state index is 12.5. The molecule has 1 fully saturated rings. The summed E-state index contributed by atoms with van der Waals surface area (Å²) in [5.41, 5.74) is 6.76. The number of nitrogens with zero attached hydrogens (tertiary/aromatic N) is 1. The quantitative estimate of drug-likeness (QED) is 0.915. The van der Waals surface area contributed by atoms with E-state index in [0.717, 1.165) is 12.0 Å². The van der Waals surface area contributed by atoms with Crippen LogP contribution >= 0.6 is 0 Å². The van der Waals surface area contributed by atoms with Crippen molar-refractivity contribution < 1.29 is 8.42 Å². The molecule has 1 atom stereocenters. The summed E-state index contributed by atoms with van der Waals surface area (Å²) in [6.07, 6.45) is 0.861. The van der Waals surface area contributed by atoms with Crippen molar-refractivity contribution in [2.45, 2.75) is 31.1 Å². The molecule has 1 aromatic carbocycles. The number of rotatable bonds is 4. The lowest BCUT2D eigenvalue weighted by molar-refractivity contribution is 0.459. The molecule has 0 saturated carbocycles. The number of benzene rings is 1. The van der Waals surface area contributed by atoms with Crippen LogP contribution in [0.2, 0.25) is 0 Å². The first-order valence-electron chi connectivity index (χ1n) is 6.75. The molecule has 1 aliphatic heterocycles. The van der Waals surface area contributed by atoms with Crippen LogP contribution in [0.1, 0.15) is 31.7 Å². The SMILES string of the molecule is CC(C)c1ccc(S(=O)(=O)N2CCC(CN)C2)cc1. The van der Waals surface area contributed by atoms with Gasteiger partial charge in [0, 0.05) is 13.1 Å². The van der Waals surface area contributed by atoms with Crippen molar-refractivity contribution in [3.05, 3.63) is 29.8 Å². The maximum absolute atomic E-state index is 12.5. The summed E-state index contributed by atoms with van der Waals surface area (Å²) in [7, 11) is -3.35. The van der Waals surface area contributed by atoms with E-state index in [2.05, 4.69) is 13.8 Å². The van der Waals surface area contributed by atoms with Gasteiger partial charge in [-0.25, -0.2) is 8.42 Å². The van der Waals surface area contributed by atoms with E-state index in [1.165, 1.54) is 0 Å².